The molecule has 0 spiro atoms. The molecule has 1 aromatic heterocycles. The molecule has 4 aromatic rings. The summed E-state index contributed by atoms with van der Waals surface area (Å²) in [6.45, 7) is 0.220. The lowest BCUT2D eigenvalue weighted by Gasteiger charge is -2.09. The van der Waals surface area contributed by atoms with E-state index in [1.165, 1.54) is 4.90 Å². The molecule has 0 aliphatic heterocycles. The number of fused-ring (bicyclic) bond motifs is 1. The highest BCUT2D eigenvalue weighted by Crippen LogP contribution is 2.24. The molecule has 1 heterocycles. The van der Waals surface area contributed by atoms with Crippen molar-refractivity contribution in [2.24, 2.45) is 0 Å². The summed E-state index contributed by atoms with van der Waals surface area (Å²) in [5.74, 6) is 1.13. The van der Waals surface area contributed by atoms with Crippen LogP contribution in [0.15, 0.2) is 88.2 Å². The zero-order chi connectivity index (χ0) is 22.5. The van der Waals surface area contributed by atoms with Crippen molar-refractivity contribution in [1.82, 2.24) is 4.90 Å². The van der Waals surface area contributed by atoms with E-state index in [1.54, 1.807) is 50.5 Å². The van der Waals surface area contributed by atoms with Gasteiger partial charge in [-0.15, -0.1) is 0 Å². The van der Waals surface area contributed by atoms with Gasteiger partial charge in [-0.1, -0.05) is 30.3 Å². The number of amides is 2. The van der Waals surface area contributed by atoms with Crippen LogP contribution in [0.4, 0.5) is 10.5 Å². The summed E-state index contributed by atoms with van der Waals surface area (Å²) < 4.78 is 11.5. The molecule has 2 amide bonds. The number of anilines is 1. The van der Waals surface area contributed by atoms with Crippen LogP contribution in [0.1, 0.15) is 16.3 Å². The van der Waals surface area contributed by atoms with E-state index >= 15 is 0 Å². The van der Waals surface area contributed by atoms with Gasteiger partial charge >= 0.3 is 0 Å². The van der Waals surface area contributed by atoms with Gasteiger partial charge < -0.3 is 19.4 Å². The maximum atomic E-state index is 12.5. The molecule has 0 bridgehead atoms. The van der Waals surface area contributed by atoms with Gasteiger partial charge in [-0.25, -0.2) is 0 Å². The summed E-state index contributed by atoms with van der Waals surface area (Å²) in [4.78, 5) is 26.6. The Hall–Kier alpha value is -3.71. The second kappa shape index (κ2) is 9.62. The summed E-state index contributed by atoms with van der Waals surface area (Å²) in [6.07, 6.45) is 0. The third-order valence-corrected chi connectivity index (χ3v) is 5.72. The van der Waals surface area contributed by atoms with Crippen LogP contribution in [0.5, 0.6) is 5.75 Å². The number of hydrogen-bond donors (Lipinski definition) is 1. The smallest absolute Gasteiger partial charge is 0.291 e. The predicted molar refractivity (Wildman–Crippen MR) is 126 cm³/mol. The van der Waals surface area contributed by atoms with E-state index in [9.17, 15) is 9.59 Å². The van der Waals surface area contributed by atoms with Crippen molar-refractivity contribution in [2.75, 3.05) is 19.4 Å². The minimum absolute atomic E-state index is 0.0594. The largest absolute Gasteiger partial charge is 0.486 e. The number of carbonyl (C=O) groups excluding carboxylic acids is 2. The van der Waals surface area contributed by atoms with Crippen LogP contribution < -0.4 is 10.1 Å². The molecule has 0 radical (unpaired) electrons. The highest BCUT2D eigenvalue weighted by Gasteiger charge is 2.13. The molecule has 0 unspecified atom stereocenters. The van der Waals surface area contributed by atoms with E-state index < -0.39 is 0 Å². The van der Waals surface area contributed by atoms with Crippen LogP contribution in [-0.4, -0.2) is 30.1 Å². The zero-order valence-corrected chi connectivity index (χ0v) is 18.5. The van der Waals surface area contributed by atoms with Crippen molar-refractivity contribution in [1.29, 1.82) is 0 Å². The van der Waals surface area contributed by atoms with E-state index in [2.05, 4.69) is 5.32 Å². The van der Waals surface area contributed by atoms with E-state index in [4.69, 9.17) is 9.15 Å². The number of rotatable bonds is 6. The van der Waals surface area contributed by atoms with Gasteiger partial charge in [0.2, 0.25) is 0 Å². The Morgan fingerprint density at radius 2 is 1.69 bits per heavy atom. The SMILES string of the molecule is CN(C)C(=O)Sc1ccc(NC(=O)c2ccc(COc3ccc4ccccc4c3)o2)cc1. The topological polar surface area (TPSA) is 71.8 Å². The van der Waals surface area contributed by atoms with E-state index in [1.807, 2.05) is 42.5 Å². The summed E-state index contributed by atoms with van der Waals surface area (Å²) in [6, 6.07) is 24.4. The minimum atomic E-state index is -0.355. The Kier molecular flexibility index (Phi) is 6.47. The Balaban J connectivity index is 1.33. The first-order valence-corrected chi connectivity index (χ1v) is 10.8. The lowest BCUT2D eigenvalue weighted by atomic mass is 10.1. The Morgan fingerprint density at radius 1 is 0.938 bits per heavy atom. The second-order valence-corrected chi connectivity index (χ2v) is 8.33. The highest BCUT2D eigenvalue weighted by atomic mass is 32.2. The predicted octanol–water partition coefficient (Wildman–Crippen LogP) is 6.04. The number of ether oxygens (including phenoxy) is 1. The third kappa shape index (κ3) is 5.31. The molecule has 0 fully saturated rings. The molecule has 7 heteroatoms. The summed E-state index contributed by atoms with van der Waals surface area (Å²) in [5.41, 5.74) is 0.613. The molecule has 0 saturated heterocycles. The first-order valence-electron chi connectivity index (χ1n) is 9.99. The monoisotopic (exact) mass is 446 g/mol. The van der Waals surface area contributed by atoms with Crippen molar-refractivity contribution < 1.29 is 18.7 Å². The molecular weight excluding hydrogens is 424 g/mol. The van der Waals surface area contributed by atoms with Crippen LogP contribution in [0, 0.1) is 0 Å². The fourth-order valence-corrected chi connectivity index (χ4v) is 3.64. The van der Waals surface area contributed by atoms with Gasteiger partial charge in [-0.2, -0.15) is 0 Å². The van der Waals surface area contributed by atoms with Crippen LogP contribution in [0.2, 0.25) is 0 Å². The van der Waals surface area contributed by atoms with Gasteiger partial charge in [-0.05, 0) is 71.1 Å². The molecule has 0 aliphatic carbocycles. The van der Waals surface area contributed by atoms with Gasteiger partial charge in [0.25, 0.3) is 11.1 Å². The summed E-state index contributed by atoms with van der Waals surface area (Å²) in [7, 11) is 3.41. The average Bonchev–Trinajstić information content (AvgIpc) is 3.28. The highest BCUT2D eigenvalue weighted by molar-refractivity contribution is 8.13. The number of nitrogens with one attached hydrogen (secondary N) is 1. The van der Waals surface area contributed by atoms with Crippen molar-refractivity contribution in [3.63, 3.8) is 0 Å². The second-order valence-electron chi connectivity index (χ2n) is 7.30. The number of nitrogens with zero attached hydrogens (tertiary/aromatic N) is 1. The van der Waals surface area contributed by atoms with E-state index in [0.29, 0.717) is 11.4 Å². The first-order chi connectivity index (χ1) is 15.5. The minimum Gasteiger partial charge on any atom is -0.486 e. The van der Waals surface area contributed by atoms with Crippen LogP contribution in [0.3, 0.4) is 0 Å². The molecule has 4 rings (SSSR count). The lowest BCUT2D eigenvalue weighted by Crippen LogP contribution is -2.16. The maximum Gasteiger partial charge on any atom is 0.291 e. The first kappa shape index (κ1) is 21.5. The van der Waals surface area contributed by atoms with Crippen LogP contribution in [-0.2, 0) is 6.61 Å². The molecule has 162 valence electrons. The number of benzene rings is 3. The van der Waals surface area contributed by atoms with Crippen LogP contribution in [0.25, 0.3) is 10.8 Å². The summed E-state index contributed by atoms with van der Waals surface area (Å²) >= 11 is 1.12. The number of furan rings is 1. The molecule has 6 nitrogen and oxygen atoms in total. The molecule has 1 N–H and O–H groups in total. The molecule has 0 aliphatic rings. The fourth-order valence-electron chi connectivity index (χ4n) is 2.98. The Labute approximate surface area is 190 Å². The maximum absolute atomic E-state index is 12.5. The molecule has 32 heavy (non-hydrogen) atoms. The van der Waals surface area contributed by atoms with Gasteiger partial charge in [0, 0.05) is 24.7 Å². The average molecular weight is 447 g/mol. The molecule has 0 atom stereocenters. The van der Waals surface area contributed by atoms with Crippen molar-refractivity contribution in [2.45, 2.75) is 11.5 Å². The summed E-state index contributed by atoms with van der Waals surface area (Å²) in [5, 5.41) is 4.97. The Morgan fingerprint density at radius 3 is 2.44 bits per heavy atom. The lowest BCUT2D eigenvalue weighted by molar-refractivity contribution is 0.0992. The van der Waals surface area contributed by atoms with Gasteiger partial charge in [-0.3, -0.25) is 9.59 Å². The third-order valence-electron chi connectivity index (χ3n) is 4.67. The van der Waals surface area contributed by atoms with Gasteiger partial charge in [0.1, 0.15) is 18.1 Å². The Bertz CT molecular complexity index is 1250. The molecular formula is C25H22N2O4S. The van der Waals surface area contributed by atoms with Crippen molar-refractivity contribution >= 4 is 39.4 Å². The quantitative estimate of drug-likeness (QED) is 0.366. The molecule has 0 saturated carbocycles. The van der Waals surface area contributed by atoms with E-state index in [-0.39, 0.29) is 23.5 Å². The number of thioether (sulfide) groups is 1. The normalized spacial score (nSPS) is 10.7. The van der Waals surface area contributed by atoms with Gasteiger partial charge in [0.15, 0.2) is 5.76 Å². The van der Waals surface area contributed by atoms with Gasteiger partial charge in [0.05, 0.1) is 0 Å². The van der Waals surface area contributed by atoms with E-state index in [0.717, 1.165) is 33.2 Å². The number of carbonyl (C=O) groups is 2. The van der Waals surface area contributed by atoms with Crippen LogP contribution >= 0.6 is 11.8 Å². The molecule has 3 aromatic carbocycles. The standard InChI is InChI=1S/C25H22N2O4S/c1-27(2)25(29)32-22-12-8-19(9-13-22)26-24(28)23-14-11-21(31-23)16-30-20-10-7-17-5-3-4-6-18(17)15-20/h3-15H,16H2,1-2H3,(H,26,28). The van der Waals surface area contributed by atoms with Crippen molar-refractivity contribution in [3.8, 4) is 5.75 Å². The zero-order valence-electron chi connectivity index (χ0n) is 17.7. The van der Waals surface area contributed by atoms with Crippen molar-refractivity contribution in [3.05, 3.63) is 90.4 Å². The number of hydrogen-bond acceptors (Lipinski definition) is 5. The fraction of sp³-hybridized carbons (Fsp3) is 0.120.